The molecular weight excluding hydrogens is 214 g/mol. The van der Waals surface area contributed by atoms with Crippen LogP contribution < -0.4 is 5.73 Å². The topological polar surface area (TPSA) is 49.6 Å². The van der Waals surface area contributed by atoms with Crippen molar-refractivity contribution in [3.8, 4) is 0 Å². The molecule has 0 aliphatic rings. The summed E-state index contributed by atoms with van der Waals surface area (Å²) < 4.78 is 0. The number of hydrogen-bond acceptors (Lipinski definition) is 3. The summed E-state index contributed by atoms with van der Waals surface area (Å²) >= 11 is 0. The van der Waals surface area contributed by atoms with Crippen molar-refractivity contribution in [2.24, 2.45) is 5.73 Å². The van der Waals surface area contributed by atoms with Crippen molar-refractivity contribution >= 4 is 5.91 Å². The Balaban J connectivity index is 4.21. The molecule has 0 fully saturated rings. The molecule has 1 amide bonds. The average Bonchev–Trinajstić information content (AvgIpc) is 2.30. The van der Waals surface area contributed by atoms with Gasteiger partial charge in [-0.2, -0.15) is 0 Å². The van der Waals surface area contributed by atoms with Crippen LogP contribution in [0.25, 0.3) is 0 Å². The predicted molar refractivity (Wildman–Crippen MR) is 72.9 cm³/mol. The lowest BCUT2D eigenvalue weighted by atomic mass is 10.1. The monoisotopic (exact) mass is 243 g/mol. The molecule has 0 aromatic carbocycles. The molecule has 0 unspecified atom stereocenters. The minimum Gasteiger partial charge on any atom is -0.340 e. The van der Waals surface area contributed by atoms with Gasteiger partial charge in [-0.1, -0.05) is 26.7 Å². The molecule has 2 N–H and O–H groups in total. The maximum absolute atomic E-state index is 12.1. The van der Waals surface area contributed by atoms with Gasteiger partial charge in [0.1, 0.15) is 0 Å². The van der Waals surface area contributed by atoms with Crippen molar-refractivity contribution in [3.63, 3.8) is 0 Å². The Labute approximate surface area is 106 Å². The third-order valence-corrected chi connectivity index (χ3v) is 2.81. The third kappa shape index (κ3) is 7.34. The zero-order valence-electron chi connectivity index (χ0n) is 11.9. The fourth-order valence-corrected chi connectivity index (χ4v) is 1.70. The van der Waals surface area contributed by atoms with Gasteiger partial charge in [-0.25, -0.2) is 0 Å². The summed E-state index contributed by atoms with van der Waals surface area (Å²) in [5.41, 5.74) is 5.94. The molecule has 0 saturated heterocycles. The molecule has 0 radical (unpaired) electrons. The quantitative estimate of drug-likeness (QED) is 0.664. The maximum atomic E-state index is 12.1. The van der Waals surface area contributed by atoms with Gasteiger partial charge >= 0.3 is 0 Å². The van der Waals surface area contributed by atoms with Gasteiger partial charge in [0.25, 0.3) is 0 Å². The molecule has 17 heavy (non-hydrogen) atoms. The zero-order chi connectivity index (χ0) is 13.3. The number of hydrogen-bond donors (Lipinski definition) is 1. The maximum Gasteiger partial charge on any atom is 0.239 e. The Morgan fingerprint density at radius 1 is 1.12 bits per heavy atom. The van der Waals surface area contributed by atoms with Gasteiger partial charge in [0, 0.05) is 19.6 Å². The molecule has 0 aromatic heterocycles. The molecule has 4 heteroatoms. The van der Waals surface area contributed by atoms with Crippen LogP contribution in [-0.2, 0) is 4.79 Å². The highest BCUT2D eigenvalue weighted by Crippen LogP contribution is 2.03. The first kappa shape index (κ1) is 16.4. The highest BCUT2D eigenvalue weighted by atomic mass is 16.2. The van der Waals surface area contributed by atoms with Crippen molar-refractivity contribution in [2.45, 2.75) is 45.6 Å². The van der Waals surface area contributed by atoms with Gasteiger partial charge in [0.2, 0.25) is 5.91 Å². The van der Waals surface area contributed by atoms with E-state index in [-0.39, 0.29) is 11.9 Å². The molecule has 0 saturated carbocycles. The van der Waals surface area contributed by atoms with E-state index in [9.17, 15) is 4.79 Å². The standard InChI is InChI=1S/C13H29N3O/c1-5-7-8-12(14)13(17)16(9-6-2)11-10-15(3)4/h12H,5-11,14H2,1-4H3/t12-/m0/s1. The number of rotatable bonds is 9. The van der Waals surface area contributed by atoms with Crippen molar-refractivity contribution in [1.29, 1.82) is 0 Å². The highest BCUT2D eigenvalue weighted by Gasteiger charge is 2.19. The predicted octanol–water partition coefficient (Wildman–Crippen LogP) is 1.30. The fourth-order valence-electron chi connectivity index (χ4n) is 1.70. The number of amides is 1. The first-order chi connectivity index (χ1) is 8.02. The Morgan fingerprint density at radius 3 is 2.24 bits per heavy atom. The van der Waals surface area contributed by atoms with E-state index in [1.807, 2.05) is 19.0 Å². The van der Waals surface area contributed by atoms with E-state index in [0.717, 1.165) is 45.3 Å². The summed E-state index contributed by atoms with van der Waals surface area (Å²) in [4.78, 5) is 16.1. The first-order valence-electron chi connectivity index (χ1n) is 6.72. The van der Waals surface area contributed by atoms with Crippen LogP contribution in [0.4, 0.5) is 0 Å². The van der Waals surface area contributed by atoms with Crippen LogP contribution in [0.5, 0.6) is 0 Å². The van der Waals surface area contributed by atoms with E-state index in [0.29, 0.717) is 0 Å². The van der Waals surface area contributed by atoms with Gasteiger partial charge < -0.3 is 15.5 Å². The number of nitrogens with zero attached hydrogens (tertiary/aromatic N) is 2. The van der Waals surface area contributed by atoms with E-state index in [4.69, 9.17) is 5.73 Å². The summed E-state index contributed by atoms with van der Waals surface area (Å²) in [6, 6.07) is -0.316. The normalized spacial score (nSPS) is 12.8. The van der Waals surface area contributed by atoms with Crippen molar-refractivity contribution < 1.29 is 4.79 Å². The molecule has 4 nitrogen and oxygen atoms in total. The molecule has 0 spiro atoms. The number of carbonyl (C=O) groups is 1. The molecule has 0 aromatic rings. The summed E-state index contributed by atoms with van der Waals surface area (Å²) in [5, 5.41) is 0. The lowest BCUT2D eigenvalue weighted by Crippen LogP contribution is -2.46. The molecular formula is C13H29N3O. The van der Waals surface area contributed by atoms with Crippen LogP contribution in [0.1, 0.15) is 39.5 Å². The zero-order valence-corrected chi connectivity index (χ0v) is 11.9. The molecule has 0 rings (SSSR count). The summed E-state index contributed by atoms with van der Waals surface area (Å²) in [5.74, 6) is 0.113. The Morgan fingerprint density at radius 2 is 1.76 bits per heavy atom. The van der Waals surface area contributed by atoms with Crippen molar-refractivity contribution in [3.05, 3.63) is 0 Å². The Kier molecular flexibility index (Phi) is 9.09. The fraction of sp³-hybridized carbons (Fsp3) is 0.923. The van der Waals surface area contributed by atoms with Gasteiger partial charge in [-0.3, -0.25) is 4.79 Å². The van der Waals surface area contributed by atoms with E-state index in [2.05, 4.69) is 18.7 Å². The van der Waals surface area contributed by atoms with Crippen molar-refractivity contribution in [1.82, 2.24) is 9.80 Å². The number of carbonyl (C=O) groups excluding carboxylic acids is 1. The van der Waals surface area contributed by atoms with Crippen LogP contribution in [-0.4, -0.2) is 55.5 Å². The van der Waals surface area contributed by atoms with Gasteiger partial charge in [0.05, 0.1) is 6.04 Å². The summed E-state index contributed by atoms with van der Waals surface area (Å²) in [6.07, 6.45) is 3.91. The van der Waals surface area contributed by atoms with Crippen LogP contribution in [0.3, 0.4) is 0 Å². The Bertz CT molecular complexity index is 207. The van der Waals surface area contributed by atoms with E-state index < -0.39 is 0 Å². The van der Waals surface area contributed by atoms with Gasteiger partial charge in [-0.15, -0.1) is 0 Å². The second-order valence-corrected chi connectivity index (χ2v) is 4.88. The number of likely N-dealkylation sites (N-methyl/N-ethyl adjacent to an activating group) is 1. The van der Waals surface area contributed by atoms with E-state index >= 15 is 0 Å². The van der Waals surface area contributed by atoms with Crippen LogP contribution in [0.15, 0.2) is 0 Å². The lowest BCUT2D eigenvalue weighted by molar-refractivity contribution is -0.133. The molecule has 0 aliphatic carbocycles. The second-order valence-electron chi connectivity index (χ2n) is 4.88. The average molecular weight is 243 g/mol. The summed E-state index contributed by atoms with van der Waals surface area (Å²) in [6.45, 7) is 6.69. The third-order valence-electron chi connectivity index (χ3n) is 2.81. The number of unbranched alkanes of at least 4 members (excludes halogenated alkanes) is 1. The minimum absolute atomic E-state index is 0.113. The molecule has 0 heterocycles. The van der Waals surface area contributed by atoms with Crippen LogP contribution in [0.2, 0.25) is 0 Å². The van der Waals surface area contributed by atoms with Crippen LogP contribution in [0, 0.1) is 0 Å². The second kappa shape index (κ2) is 9.42. The van der Waals surface area contributed by atoms with Gasteiger partial charge in [0.15, 0.2) is 0 Å². The van der Waals surface area contributed by atoms with Crippen molar-refractivity contribution in [2.75, 3.05) is 33.7 Å². The molecule has 0 bridgehead atoms. The van der Waals surface area contributed by atoms with Gasteiger partial charge in [-0.05, 0) is 26.9 Å². The molecule has 0 aliphatic heterocycles. The minimum atomic E-state index is -0.316. The first-order valence-corrected chi connectivity index (χ1v) is 6.72. The lowest BCUT2D eigenvalue weighted by Gasteiger charge is -2.26. The highest BCUT2D eigenvalue weighted by molar-refractivity contribution is 5.81. The SMILES string of the molecule is CCCC[C@H](N)C(=O)N(CCC)CCN(C)C. The number of nitrogens with two attached hydrogens (primary N) is 1. The molecule has 1 atom stereocenters. The van der Waals surface area contributed by atoms with E-state index in [1.54, 1.807) is 0 Å². The van der Waals surface area contributed by atoms with E-state index in [1.165, 1.54) is 0 Å². The Hall–Kier alpha value is -0.610. The van der Waals surface area contributed by atoms with Crippen LogP contribution >= 0.6 is 0 Å². The summed E-state index contributed by atoms with van der Waals surface area (Å²) in [7, 11) is 4.04. The molecule has 102 valence electrons. The smallest absolute Gasteiger partial charge is 0.239 e. The largest absolute Gasteiger partial charge is 0.340 e.